The molecule has 0 saturated heterocycles. The lowest BCUT2D eigenvalue weighted by atomic mass is 10.1. The van der Waals surface area contributed by atoms with Crippen LogP contribution in [0.3, 0.4) is 0 Å². The maximum atomic E-state index is 11.8. The molecule has 0 N–H and O–H groups in total. The number of alkyl halides is 1. The predicted molar refractivity (Wildman–Crippen MR) is 83.5 cm³/mol. The third-order valence-corrected chi connectivity index (χ3v) is 5.53. The molecule has 0 radical (unpaired) electrons. The Morgan fingerprint density at radius 1 is 1.16 bits per heavy atom. The molecule has 0 aromatic carbocycles. The van der Waals surface area contributed by atoms with Crippen LogP contribution in [0.5, 0.6) is 0 Å². The van der Waals surface area contributed by atoms with Crippen LogP contribution >= 0.6 is 22.6 Å². The van der Waals surface area contributed by atoms with Crippen LogP contribution in [-0.2, 0) is 14.3 Å². The van der Waals surface area contributed by atoms with Gasteiger partial charge in [0.15, 0.2) is 0 Å². The second-order valence-corrected chi connectivity index (χ2v) is 7.32. The summed E-state index contributed by atoms with van der Waals surface area (Å²) in [5, 5.41) is 0. The minimum Gasteiger partial charge on any atom is -0.466 e. The number of hydrogen-bond donors (Lipinski definition) is 0. The summed E-state index contributed by atoms with van der Waals surface area (Å²) < 4.78 is 11.9. The summed E-state index contributed by atoms with van der Waals surface area (Å²) in [7, 11) is 0. The van der Waals surface area contributed by atoms with Crippen molar-refractivity contribution in [1.82, 2.24) is 0 Å². The van der Waals surface area contributed by atoms with Gasteiger partial charge >= 0.3 is 5.97 Å². The summed E-state index contributed by atoms with van der Waals surface area (Å²) >= 11 is 2.44. The normalized spacial score (nSPS) is 33.1. The molecule has 2 saturated carbocycles. The summed E-state index contributed by atoms with van der Waals surface area (Å²) in [6, 6.07) is 0. The zero-order valence-corrected chi connectivity index (χ0v) is 13.9. The zero-order valence-electron chi connectivity index (χ0n) is 11.8. The van der Waals surface area contributed by atoms with E-state index in [0.717, 1.165) is 12.8 Å². The standard InChI is InChI=1S/C15H25IO3/c1-2-18-15(17)11-9-13(16)14(10-11)19-12-7-5-3-4-6-8-12/h11-14H,2-10H2,1H3. The second kappa shape index (κ2) is 7.81. The predicted octanol–water partition coefficient (Wildman–Crippen LogP) is 3.87. The minimum atomic E-state index is -0.0314. The van der Waals surface area contributed by atoms with Gasteiger partial charge in [-0.05, 0) is 32.6 Å². The highest BCUT2D eigenvalue weighted by Crippen LogP contribution is 2.36. The van der Waals surface area contributed by atoms with Crippen molar-refractivity contribution in [2.75, 3.05) is 6.61 Å². The van der Waals surface area contributed by atoms with Gasteiger partial charge in [-0.3, -0.25) is 4.79 Å². The highest BCUT2D eigenvalue weighted by atomic mass is 127. The fourth-order valence-corrected chi connectivity index (χ4v) is 4.24. The Labute approximate surface area is 129 Å². The molecule has 110 valence electrons. The van der Waals surface area contributed by atoms with Gasteiger partial charge in [-0.1, -0.05) is 48.3 Å². The lowest BCUT2D eigenvalue weighted by Crippen LogP contribution is -2.25. The topological polar surface area (TPSA) is 35.5 Å². The van der Waals surface area contributed by atoms with Crippen LogP contribution in [0.1, 0.15) is 58.3 Å². The third-order valence-electron chi connectivity index (χ3n) is 4.22. The molecule has 2 fully saturated rings. The molecule has 3 atom stereocenters. The molecule has 3 unspecified atom stereocenters. The van der Waals surface area contributed by atoms with E-state index in [1.165, 1.54) is 38.5 Å². The van der Waals surface area contributed by atoms with Gasteiger partial charge in [0, 0.05) is 3.92 Å². The Bertz CT molecular complexity index is 287. The minimum absolute atomic E-state index is 0.0314. The maximum Gasteiger partial charge on any atom is 0.309 e. The van der Waals surface area contributed by atoms with Crippen molar-refractivity contribution in [1.29, 1.82) is 0 Å². The molecule has 2 aliphatic carbocycles. The molecule has 0 aromatic heterocycles. The smallest absolute Gasteiger partial charge is 0.309 e. The van der Waals surface area contributed by atoms with Gasteiger partial charge in [0.1, 0.15) is 0 Å². The molecule has 3 nitrogen and oxygen atoms in total. The first-order chi connectivity index (χ1) is 9.20. The van der Waals surface area contributed by atoms with Crippen LogP contribution in [0.25, 0.3) is 0 Å². The molecule has 2 rings (SSSR count). The van der Waals surface area contributed by atoms with Gasteiger partial charge in [0.2, 0.25) is 0 Å². The molecule has 0 aromatic rings. The van der Waals surface area contributed by atoms with Gasteiger partial charge in [-0.2, -0.15) is 0 Å². The molecule has 2 aliphatic rings. The summed E-state index contributed by atoms with van der Waals surface area (Å²) in [6.45, 7) is 2.35. The van der Waals surface area contributed by atoms with E-state index in [0.29, 0.717) is 16.6 Å². The van der Waals surface area contributed by atoms with Gasteiger partial charge in [0.05, 0.1) is 24.7 Å². The number of carbonyl (C=O) groups is 1. The molecular formula is C15H25IO3. The van der Waals surface area contributed by atoms with Crippen molar-refractivity contribution < 1.29 is 14.3 Å². The van der Waals surface area contributed by atoms with E-state index in [4.69, 9.17) is 9.47 Å². The summed E-state index contributed by atoms with van der Waals surface area (Å²) in [6.07, 6.45) is 10.1. The first-order valence-electron chi connectivity index (χ1n) is 7.67. The van der Waals surface area contributed by atoms with Gasteiger partial charge in [0.25, 0.3) is 0 Å². The van der Waals surface area contributed by atoms with Gasteiger partial charge in [-0.25, -0.2) is 0 Å². The van der Waals surface area contributed by atoms with Crippen molar-refractivity contribution in [3.63, 3.8) is 0 Å². The van der Waals surface area contributed by atoms with Crippen molar-refractivity contribution in [2.45, 2.75) is 74.4 Å². The Kier molecular flexibility index (Phi) is 6.39. The van der Waals surface area contributed by atoms with E-state index in [1.807, 2.05) is 6.92 Å². The Hall–Kier alpha value is 0.160. The number of rotatable bonds is 4. The van der Waals surface area contributed by atoms with Crippen LogP contribution in [0.4, 0.5) is 0 Å². The fourth-order valence-electron chi connectivity index (χ4n) is 3.17. The number of carbonyl (C=O) groups excluding carboxylic acids is 1. The zero-order chi connectivity index (χ0) is 13.7. The molecule has 0 aliphatic heterocycles. The monoisotopic (exact) mass is 380 g/mol. The lowest BCUT2D eigenvalue weighted by molar-refractivity contribution is -0.148. The highest BCUT2D eigenvalue weighted by Gasteiger charge is 2.39. The average Bonchev–Trinajstić information content (AvgIpc) is 2.61. The maximum absolute atomic E-state index is 11.8. The molecule has 0 bridgehead atoms. The van der Waals surface area contributed by atoms with Crippen molar-refractivity contribution in [3.8, 4) is 0 Å². The van der Waals surface area contributed by atoms with E-state index in [2.05, 4.69) is 22.6 Å². The molecular weight excluding hydrogens is 355 g/mol. The molecule has 0 amide bonds. The van der Waals surface area contributed by atoms with Crippen LogP contribution in [0.2, 0.25) is 0 Å². The summed E-state index contributed by atoms with van der Waals surface area (Å²) in [5.41, 5.74) is 0. The number of halogens is 1. The third kappa shape index (κ3) is 4.59. The van der Waals surface area contributed by atoms with Crippen LogP contribution in [0, 0.1) is 5.92 Å². The fraction of sp³-hybridized carbons (Fsp3) is 0.933. The van der Waals surface area contributed by atoms with Crippen LogP contribution < -0.4 is 0 Å². The highest BCUT2D eigenvalue weighted by molar-refractivity contribution is 14.1. The van der Waals surface area contributed by atoms with E-state index in [9.17, 15) is 4.79 Å². The van der Waals surface area contributed by atoms with Crippen LogP contribution in [0.15, 0.2) is 0 Å². The first kappa shape index (κ1) is 15.5. The van der Waals surface area contributed by atoms with Gasteiger partial charge in [-0.15, -0.1) is 0 Å². The number of esters is 1. The largest absolute Gasteiger partial charge is 0.466 e. The Balaban J connectivity index is 1.82. The van der Waals surface area contributed by atoms with E-state index >= 15 is 0 Å². The molecule has 4 heteroatoms. The lowest BCUT2D eigenvalue weighted by Gasteiger charge is -2.23. The Morgan fingerprint density at radius 3 is 2.47 bits per heavy atom. The molecule has 19 heavy (non-hydrogen) atoms. The number of ether oxygens (including phenoxy) is 2. The Morgan fingerprint density at radius 2 is 1.84 bits per heavy atom. The average molecular weight is 380 g/mol. The van der Waals surface area contributed by atoms with E-state index in [1.54, 1.807) is 0 Å². The van der Waals surface area contributed by atoms with Crippen molar-refractivity contribution in [2.24, 2.45) is 5.92 Å². The van der Waals surface area contributed by atoms with E-state index in [-0.39, 0.29) is 18.0 Å². The number of hydrogen-bond acceptors (Lipinski definition) is 3. The summed E-state index contributed by atoms with van der Waals surface area (Å²) in [5.74, 6) is 0.0220. The van der Waals surface area contributed by atoms with Crippen LogP contribution in [-0.4, -0.2) is 28.7 Å². The van der Waals surface area contributed by atoms with Gasteiger partial charge < -0.3 is 9.47 Å². The molecule has 0 heterocycles. The van der Waals surface area contributed by atoms with Crippen molar-refractivity contribution >= 4 is 28.6 Å². The molecule has 0 spiro atoms. The SMILES string of the molecule is CCOC(=O)C1CC(I)C(OC2CCCCCC2)C1. The first-order valence-corrected chi connectivity index (χ1v) is 8.91. The summed E-state index contributed by atoms with van der Waals surface area (Å²) in [4.78, 5) is 11.8. The van der Waals surface area contributed by atoms with E-state index < -0.39 is 0 Å². The second-order valence-electron chi connectivity index (χ2n) is 5.72. The van der Waals surface area contributed by atoms with Crippen molar-refractivity contribution in [3.05, 3.63) is 0 Å². The quantitative estimate of drug-likeness (QED) is 0.322.